The van der Waals surface area contributed by atoms with Crippen molar-refractivity contribution in [3.8, 4) is 0 Å². The molecule has 0 bridgehead atoms. The summed E-state index contributed by atoms with van der Waals surface area (Å²) in [5, 5.41) is 0. The average molecular weight is 199 g/mol. The maximum atomic E-state index is 11.6. The van der Waals surface area contributed by atoms with Crippen LogP contribution in [0.4, 0.5) is 4.79 Å². The van der Waals surface area contributed by atoms with Crippen molar-refractivity contribution >= 4 is 6.09 Å². The van der Waals surface area contributed by atoms with Gasteiger partial charge in [0.15, 0.2) is 0 Å². The van der Waals surface area contributed by atoms with E-state index >= 15 is 0 Å². The molecule has 0 saturated carbocycles. The number of nitrogens with zero attached hydrogens (tertiary/aromatic N) is 1. The molecule has 2 aliphatic heterocycles. The molecular formula is C10H17NO3. The van der Waals surface area contributed by atoms with Crippen LogP contribution in [0.15, 0.2) is 0 Å². The third kappa shape index (κ3) is 2.38. The zero-order chi connectivity index (χ0) is 9.80. The van der Waals surface area contributed by atoms with Crippen molar-refractivity contribution in [3.05, 3.63) is 0 Å². The van der Waals surface area contributed by atoms with Crippen LogP contribution >= 0.6 is 0 Å². The number of hydrogen-bond acceptors (Lipinski definition) is 3. The Morgan fingerprint density at radius 1 is 1.21 bits per heavy atom. The summed E-state index contributed by atoms with van der Waals surface area (Å²) in [6, 6.07) is 0. The molecule has 0 N–H and O–H groups in total. The fourth-order valence-corrected chi connectivity index (χ4v) is 1.91. The van der Waals surface area contributed by atoms with Crippen molar-refractivity contribution < 1.29 is 14.3 Å². The van der Waals surface area contributed by atoms with Gasteiger partial charge in [0.2, 0.25) is 0 Å². The Morgan fingerprint density at radius 3 is 2.50 bits per heavy atom. The predicted octanol–water partition coefficient (Wildman–Crippen LogP) is 1.40. The molecule has 2 heterocycles. The molecule has 0 aliphatic carbocycles. The standard InChI is InChI=1S/C10H17NO3/c12-10(11-5-1-2-6-11)14-9-3-7-13-8-4-9/h9H,1-8H2. The zero-order valence-electron chi connectivity index (χ0n) is 8.41. The highest BCUT2D eigenvalue weighted by Gasteiger charge is 2.23. The van der Waals surface area contributed by atoms with Crippen molar-refractivity contribution in [2.45, 2.75) is 31.8 Å². The number of hydrogen-bond donors (Lipinski definition) is 0. The molecule has 0 aromatic heterocycles. The van der Waals surface area contributed by atoms with E-state index in [1.807, 2.05) is 0 Å². The zero-order valence-corrected chi connectivity index (χ0v) is 8.41. The van der Waals surface area contributed by atoms with Crippen molar-refractivity contribution in [1.82, 2.24) is 4.90 Å². The number of rotatable bonds is 1. The Bertz CT molecular complexity index is 196. The highest BCUT2D eigenvalue weighted by molar-refractivity contribution is 5.68. The summed E-state index contributed by atoms with van der Waals surface area (Å²) in [5.41, 5.74) is 0. The van der Waals surface area contributed by atoms with Crippen LogP contribution in [0.1, 0.15) is 25.7 Å². The third-order valence-corrected chi connectivity index (χ3v) is 2.80. The van der Waals surface area contributed by atoms with Gasteiger partial charge < -0.3 is 14.4 Å². The first-order valence-corrected chi connectivity index (χ1v) is 5.39. The van der Waals surface area contributed by atoms with E-state index < -0.39 is 0 Å². The molecule has 2 aliphatic rings. The molecule has 0 aromatic rings. The largest absolute Gasteiger partial charge is 0.446 e. The summed E-state index contributed by atoms with van der Waals surface area (Å²) in [4.78, 5) is 13.4. The minimum absolute atomic E-state index is 0.0804. The van der Waals surface area contributed by atoms with E-state index in [-0.39, 0.29) is 12.2 Å². The van der Waals surface area contributed by atoms with Gasteiger partial charge in [0.05, 0.1) is 13.2 Å². The maximum Gasteiger partial charge on any atom is 0.410 e. The van der Waals surface area contributed by atoms with Gasteiger partial charge in [-0.05, 0) is 12.8 Å². The monoisotopic (exact) mass is 199 g/mol. The van der Waals surface area contributed by atoms with Crippen LogP contribution in [0.5, 0.6) is 0 Å². The molecule has 4 heteroatoms. The first kappa shape index (κ1) is 9.77. The lowest BCUT2D eigenvalue weighted by molar-refractivity contribution is -0.00823. The van der Waals surface area contributed by atoms with E-state index in [0.29, 0.717) is 0 Å². The van der Waals surface area contributed by atoms with Gasteiger partial charge in [0.25, 0.3) is 0 Å². The summed E-state index contributed by atoms with van der Waals surface area (Å²) >= 11 is 0. The number of likely N-dealkylation sites (tertiary alicyclic amines) is 1. The van der Waals surface area contributed by atoms with Crippen molar-refractivity contribution in [3.63, 3.8) is 0 Å². The van der Waals surface area contributed by atoms with Gasteiger partial charge in [-0.1, -0.05) is 0 Å². The van der Waals surface area contributed by atoms with Crippen LogP contribution in [0, 0.1) is 0 Å². The second-order valence-electron chi connectivity index (χ2n) is 3.89. The second-order valence-corrected chi connectivity index (χ2v) is 3.89. The van der Waals surface area contributed by atoms with Gasteiger partial charge in [-0.25, -0.2) is 4.79 Å². The minimum atomic E-state index is -0.130. The minimum Gasteiger partial charge on any atom is -0.446 e. The van der Waals surface area contributed by atoms with E-state index in [1.165, 1.54) is 0 Å². The van der Waals surface area contributed by atoms with Gasteiger partial charge in [-0.3, -0.25) is 0 Å². The van der Waals surface area contributed by atoms with Gasteiger partial charge >= 0.3 is 6.09 Å². The Hall–Kier alpha value is -0.770. The molecule has 4 nitrogen and oxygen atoms in total. The van der Waals surface area contributed by atoms with Gasteiger partial charge in [-0.15, -0.1) is 0 Å². The van der Waals surface area contributed by atoms with Crippen LogP contribution in [0.2, 0.25) is 0 Å². The maximum absolute atomic E-state index is 11.6. The van der Waals surface area contributed by atoms with Crippen molar-refractivity contribution in [2.75, 3.05) is 26.3 Å². The predicted molar refractivity (Wildman–Crippen MR) is 51.1 cm³/mol. The SMILES string of the molecule is O=C(OC1CCOCC1)N1CCCC1. The summed E-state index contributed by atoms with van der Waals surface area (Å²) < 4.78 is 10.6. The van der Waals surface area contributed by atoms with E-state index in [2.05, 4.69) is 0 Å². The van der Waals surface area contributed by atoms with Crippen LogP contribution in [-0.2, 0) is 9.47 Å². The summed E-state index contributed by atoms with van der Waals surface area (Å²) in [6.07, 6.45) is 3.87. The number of amides is 1. The summed E-state index contributed by atoms with van der Waals surface area (Å²) in [6.45, 7) is 3.17. The fourth-order valence-electron chi connectivity index (χ4n) is 1.91. The fraction of sp³-hybridized carbons (Fsp3) is 0.900. The van der Waals surface area contributed by atoms with Gasteiger partial charge in [0, 0.05) is 25.9 Å². The molecule has 14 heavy (non-hydrogen) atoms. The molecular weight excluding hydrogens is 182 g/mol. The van der Waals surface area contributed by atoms with Crippen molar-refractivity contribution in [2.24, 2.45) is 0 Å². The first-order chi connectivity index (χ1) is 6.86. The Labute approximate surface area is 84.2 Å². The molecule has 2 fully saturated rings. The normalized spacial score (nSPS) is 23.9. The Kier molecular flexibility index (Phi) is 3.24. The average Bonchev–Trinajstić information content (AvgIpc) is 2.72. The molecule has 2 saturated heterocycles. The van der Waals surface area contributed by atoms with Crippen LogP contribution in [-0.4, -0.2) is 43.4 Å². The lowest BCUT2D eigenvalue weighted by atomic mass is 10.2. The molecule has 0 spiro atoms. The van der Waals surface area contributed by atoms with Crippen molar-refractivity contribution in [1.29, 1.82) is 0 Å². The highest BCUT2D eigenvalue weighted by atomic mass is 16.6. The Balaban J connectivity index is 1.75. The van der Waals surface area contributed by atoms with E-state index in [1.54, 1.807) is 4.90 Å². The van der Waals surface area contributed by atoms with E-state index in [9.17, 15) is 4.79 Å². The smallest absolute Gasteiger partial charge is 0.410 e. The lowest BCUT2D eigenvalue weighted by Gasteiger charge is -2.24. The third-order valence-electron chi connectivity index (χ3n) is 2.80. The first-order valence-electron chi connectivity index (χ1n) is 5.39. The molecule has 1 amide bonds. The summed E-state index contributed by atoms with van der Waals surface area (Å²) in [7, 11) is 0. The molecule has 80 valence electrons. The number of carbonyl (C=O) groups excluding carboxylic acids is 1. The summed E-state index contributed by atoms with van der Waals surface area (Å²) in [5.74, 6) is 0. The molecule has 0 radical (unpaired) electrons. The molecule has 0 aromatic carbocycles. The van der Waals surface area contributed by atoms with Crippen LogP contribution < -0.4 is 0 Å². The topological polar surface area (TPSA) is 38.8 Å². The van der Waals surface area contributed by atoms with Crippen LogP contribution in [0.3, 0.4) is 0 Å². The second kappa shape index (κ2) is 4.64. The van der Waals surface area contributed by atoms with Crippen LogP contribution in [0.25, 0.3) is 0 Å². The molecule has 2 rings (SSSR count). The van der Waals surface area contributed by atoms with Gasteiger partial charge in [-0.2, -0.15) is 0 Å². The van der Waals surface area contributed by atoms with Gasteiger partial charge in [0.1, 0.15) is 6.10 Å². The number of ether oxygens (including phenoxy) is 2. The Morgan fingerprint density at radius 2 is 1.86 bits per heavy atom. The van der Waals surface area contributed by atoms with E-state index in [0.717, 1.165) is 52.0 Å². The van der Waals surface area contributed by atoms with E-state index in [4.69, 9.17) is 9.47 Å². The molecule has 0 atom stereocenters. The molecule has 0 unspecified atom stereocenters. The highest BCUT2D eigenvalue weighted by Crippen LogP contribution is 2.15. The quantitative estimate of drug-likeness (QED) is 0.640. The lowest BCUT2D eigenvalue weighted by Crippen LogP contribution is -2.34. The number of carbonyl (C=O) groups is 1.